The SMILES string of the molecule is CCN1CCN(C(=O)NC(C(=O)NC(Cc2c(C(C)(C)C)ccc(C(=O)O)c2OC)B2OC3CC4CC(C4(C)C)[C@]3(C)O2)c2csc(NC(=O)OCc3ccccc3)n2)CC1=O. The highest BCUT2D eigenvalue weighted by Crippen LogP contribution is 2.65. The number of urea groups is 1. The van der Waals surface area contributed by atoms with Crippen molar-refractivity contribution in [2.75, 3.05) is 38.6 Å². The summed E-state index contributed by atoms with van der Waals surface area (Å²) in [4.78, 5) is 74.6. The van der Waals surface area contributed by atoms with E-state index in [0.717, 1.165) is 35.3 Å². The summed E-state index contributed by atoms with van der Waals surface area (Å²) in [6, 6.07) is 10.4. The molecular weight excluding hydrogens is 815 g/mol. The van der Waals surface area contributed by atoms with Crippen LogP contribution >= 0.6 is 11.3 Å². The molecule has 332 valence electrons. The summed E-state index contributed by atoms with van der Waals surface area (Å²) in [6.07, 6.45) is 0.818. The van der Waals surface area contributed by atoms with Gasteiger partial charge in [0.05, 0.1) is 30.4 Å². The van der Waals surface area contributed by atoms with Gasteiger partial charge in [0.25, 0.3) is 0 Å². The highest BCUT2D eigenvalue weighted by molar-refractivity contribution is 7.13. The van der Waals surface area contributed by atoms with E-state index in [2.05, 4.69) is 41.7 Å². The molecule has 5 fully saturated rings. The molecule has 2 saturated heterocycles. The number of carboxylic acid groups (broad SMARTS) is 1. The first-order valence-electron chi connectivity index (χ1n) is 21.2. The van der Waals surface area contributed by atoms with Crippen LogP contribution in [0.3, 0.4) is 0 Å². The van der Waals surface area contributed by atoms with Crippen molar-refractivity contribution in [2.45, 2.75) is 103 Å². The highest BCUT2D eigenvalue weighted by Gasteiger charge is 2.68. The lowest BCUT2D eigenvalue weighted by molar-refractivity contribution is -0.199. The largest absolute Gasteiger partial charge is 0.496 e. The Morgan fingerprint density at radius 1 is 1.06 bits per heavy atom. The molecule has 4 N–H and O–H groups in total. The molecule has 0 spiro atoms. The molecule has 2 aliphatic heterocycles. The zero-order chi connectivity index (χ0) is 44.7. The van der Waals surface area contributed by atoms with Gasteiger partial charge in [-0.25, -0.2) is 19.4 Å². The van der Waals surface area contributed by atoms with Crippen LogP contribution in [0, 0.1) is 17.3 Å². The molecule has 3 heterocycles. The predicted octanol–water partition coefficient (Wildman–Crippen LogP) is 5.81. The molecule has 5 aliphatic rings. The molecule has 3 aliphatic carbocycles. The lowest BCUT2D eigenvalue weighted by Crippen LogP contribution is -2.65. The van der Waals surface area contributed by atoms with Gasteiger partial charge in [0.15, 0.2) is 11.2 Å². The minimum absolute atomic E-state index is 0.0264. The summed E-state index contributed by atoms with van der Waals surface area (Å²) in [5, 5.41) is 20.5. The van der Waals surface area contributed by atoms with Gasteiger partial charge < -0.3 is 44.3 Å². The van der Waals surface area contributed by atoms with Crippen LogP contribution in [-0.4, -0.2) is 108 Å². The summed E-state index contributed by atoms with van der Waals surface area (Å²) < 4.78 is 24.9. The zero-order valence-electron chi connectivity index (χ0n) is 36.6. The number of benzene rings is 2. The molecule has 3 saturated carbocycles. The van der Waals surface area contributed by atoms with Crippen LogP contribution in [0.5, 0.6) is 5.75 Å². The third kappa shape index (κ3) is 8.86. The molecule has 62 heavy (non-hydrogen) atoms. The maximum Gasteiger partial charge on any atom is 0.482 e. The number of anilines is 1. The first-order valence-corrected chi connectivity index (χ1v) is 22.1. The van der Waals surface area contributed by atoms with E-state index in [4.69, 9.17) is 18.8 Å². The highest BCUT2D eigenvalue weighted by atomic mass is 32.1. The summed E-state index contributed by atoms with van der Waals surface area (Å²) in [5.74, 6) is -2.17. The second kappa shape index (κ2) is 17.5. The van der Waals surface area contributed by atoms with Crippen LogP contribution < -0.4 is 20.7 Å². The maximum atomic E-state index is 15.0. The number of aromatic nitrogens is 1. The molecule has 5 amide bonds. The fourth-order valence-electron chi connectivity index (χ4n) is 9.73. The van der Waals surface area contributed by atoms with Gasteiger partial charge in [-0.05, 0) is 73.0 Å². The van der Waals surface area contributed by atoms with Crippen molar-refractivity contribution in [1.29, 1.82) is 0 Å². The minimum atomic E-state index is -1.42. The van der Waals surface area contributed by atoms with Crippen LogP contribution in [0.25, 0.3) is 0 Å². The normalized spacial score (nSPS) is 23.7. The van der Waals surface area contributed by atoms with E-state index >= 15 is 0 Å². The van der Waals surface area contributed by atoms with Crippen LogP contribution in [0.2, 0.25) is 0 Å². The van der Waals surface area contributed by atoms with Crippen LogP contribution in [0.4, 0.5) is 14.7 Å². The molecular formula is C44H57BN6O10S. The van der Waals surface area contributed by atoms with E-state index in [1.807, 2.05) is 58.0 Å². The predicted molar refractivity (Wildman–Crippen MR) is 232 cm³/mol. The van der Waals surface area contributed by atoms with Gasteiger partial charge in [-0.2, -0.15) is 0 Å². The molecule has 0 radical (unpaired) electrons. The molecule has 6 atom stereocenters. The summed E-state index contributed by atoms with van der Waals surface area (Å²) in [5.41, 5.74) is 1.14. The number of nitrogens with one attached hydrogen (secondary N) is 3. The number of carboxylic acids is 1. The number of hydrogen-bond acceptors (Lipinski definition) is 11. The Labute approximate surface area is 366 Å². The van der Waals surface area contributed by atoms with Gasteiger partial charge in [0.1, 0.15) is 24.5 Å². The summed E-state index contributed by atoms with van der Waals surface area (Å²) in [7, 11) is 0.444. The van der Waals surface area contributed by atoms with E-state index in [-0.39, 0.29) is 71.6 Å². The van der Waals surface area contributed by atoms with E-state index in [1.165, 1.54) is 18.1 Å². The first kappa shape index (κ1) is 44.8. The van der Waals surface area contributed by atoms with E-state index in [0.29, 0.717) is 24.6 Å². The van der Waals surface area contributed by atoms with Crippen molar-refractivity contribution in [3.8, 4) is 5.75 Å². The lowest BCUT2D eigenvalue weighted by atomic mass is 9.43. The fourth-order valence-corrected chi connectivity index (χ4v) is 10.5. The number of carbonyl (C=O) groups excluding carboxylic acids is 4. The van der Waals surface area contributed by atoms with E-state index in [1.54, 1.807) is 16.3 Å². The Balaban J connectivity index is 1.22. The van der Waals surface area contributed by atoms with Crippen molar-refractivity contribution in [2.24, 2.45) is 17.3 Å². The molecule has 2 aromatic carbocycles. The Kier molecular flexibility index (Phi) is 12.7. The van der Waals surface area contributed by atoms with Crippen molar-refractivity contribution < 1.29 is 47.9 Å². The number of aromatic carboxylic acids is 1. The standard InChI is InChI=1S/C44H57BN6O10S/c1-9-50-17-18-51(22-34(50)52)40(56)48-35(30-24-62-39(46-30)49-41(57)59-23-25-13-11-10-12-14-25)37(53)47-33(45-60-32-20-26-19-31(43(26,5)6)44(32,7)61-45)21-28-29(42(2,3)4)16-15-27(38(54)55)36(28)58-8/h10-16,24,26,31-33,35H,9,17-23H2,1-8H3,(H,47,53)(H,48,56)(H,54,55)(H,46,49,57)/t26?,31?,32?,33?,35?,44-/m0/s1. The monoisotopic (exact) mass is 872 g/mol. The topological polar surface area (TPSA) is 198 Å². The van der Waals surface area contributed by atoms with Gasteiger partial charge in [-0.3, -0.25) is 14.9 Å². The lowest BCUT2D eigenvalue weighted by Gasteiger charge is -2.64. The third-order valence-corrected chi connectivity index (χ3v) is 14.1. The smallest absolute Gasteiger partial charge is 0.482 e. The van der Waals surface area contributed by atoms with E-state index in [9.17, 15) is 29.1 Å². The van der Waals surface area contributed by atoms with Crippen LogP contribution in [0.1, 0.15) is 100 Å². The van der Waals surface area contributed by atoms with Crippen molar-refractivity contribution >= 4 is 53.5 Å². The molecule has 5 unspecified atom stereocenters. The molecule has 3 aromatic rings. The van der Waals surface area contributed by atoms with Crippen molar-refractivity contribution in [3.05, 3.63) is 75.8 Å². The number of piperazine rings is 1. The van der Waals surface area contributed by atoms with E-state index < -0.39 is 54.1 Å². The number of amides is 5. The van der Waals surface area contributed by atoms with Gasteiger partial charge in [-0.15, -0.1) is 11.3 Å². The molecule has 16 nitrogen and oxygen atoms in total. The average Bonchev–Trinajstić information content (AvgIpc) is 3.84. The summed E-state index contributed by atoms with van der Waals surface area (Å²) >= 11 is 1.04. The second-order valence-corrected chi connectivity index (χ2v) is 19.3. The van der Waals surface area contributed by atoms with Gasteiger partial charge in [0, 0.05) is 30.6 Å². The number of ether oxygens (including phenoxy) is 2. The maximum absolute atomic E-state index is 15.0. The summed E-state index contributed by atoms with van der Waals surface area (Å²) in [6.45, 7) is 15.4. The number of methoxy groups -OCH3 is 1. The minimum Gasteiger partial charge on any atom is -0.496 e. The molecule has 2 bridgehead atoms. The van der Waals surface area contributed by atoms with Crippen molar-refractivity contribution in [3.63, 3.8) is 0 Å². The van der Waals surface area contributed by atoms with Crippen molar-refractivity contribution in [1.82, 2.24) is 25.4 Å². The Bertz CT molecular complexity index is 2200. The number of thiazole rings is 1. The molecule has 18 heteroatoms. The van der Waals surface area contributed by atoms with Gasteiger partial charge >= 0.3 is 25.2 Å². The fraction of sp³-hybridized carbons (Fsp3) is 0.545. The Hall–Kier alpha value is -5.20. The number of nitrogens with zero attached hydrogens (tertiary/aromatic N) is 3. The second-order valence-electron chi connectivity index (χ2n) is 18.4. The Morgan fingerprint density at radius 2 is 1.81 bits per heavy atom. The number of hydrogen-bond donors (Lipinski definition) is 4. The third-order valence-electron chi connectivity index (χ3n) is 13.3. The number of rotatable bonds is 13. The van der Waals surface area contributed by atoms with Crippen LogP contribution in [0.15, 0.2) is 47.8 Å². The Morgan fingerprint density at radius 3 is 2.45 bits per heavy atom. The number of carbonyl (C=O) groups is 5. The number of likely N-dealkylation sites (N-methyl/N-ethyl adjacent to an activating group) is 1. The quantitative estimate of drug-likeness (QED) is 0.151. The molecule has 8 rings (SSSR count). The van der Waals surface area contributed by atoms with Gasteiger partial charge in [-0.1, -0.05) is 71.0 Å². The average molecular weight is 873 g/mol. The van der Waals surface area contributed by atoms with Crippen LogP contribution in [-0.2, 0) is 42.1 Å². The zero-order valence-corrected chi connectivity index (χ0v) is 37.4. The van der Waals surface area contributed by atoms with Gasteiger partial charge in [0.2, 0.25) is 11.8 Å². The first-order chi connectivity index (χ1) is 29.3. The molecule has 1 aromatic heterocycles.